The molecule has 1 heterocycles. The first-order valence-electron chi connectivity index (χ1n) is 9.11. The largest absolute Gasteiger partial charge is 0.381 e. The first-order chi connectivity index (χ1) is 13.1. The number of hydrogen-bond donors (Lipinski definition) is 2. The highest BCUT2D eigenvalue weighted by Crippen LogP contribution is 2.38. The topological polar surface area (TPSA) is 68.9 Å². The number of guanidine groups is 1. The van der Waals surface area contributed by atoms with Crippen LogP contribution in [0.3, 0.4) is 0 Å². The van der Waals surface area contributed by atoms with E-state index in [0.717, 1.165) is 34.7 Å². The minimum Gasteiger partial charge on any atom is -0.381 e. The van der Waals surface area contributed by atoms with E-state index in [0.29, 0.717) is 32.3 Å². The Balaban J connectivity index is 0.00000280. The summed E-state index contributed by atoms with van der Waals surface area (Å²) >= 11 is 6.50. The molecule has 0 unspecified atom stereocenters. The second kappa shape index (κ2) is 11.0. The summed E-state index contributed by atoms with van der Waals surface area (Å²) in [6.07, 6.45) is 1.74. The summed E-state index contributed by atoms with van der Waals surface area (Å²) in [7, 11) is 1.67. The van der Waals surface area contributed by atoms with Crippen LogP contribution >= 0.6 is 35.6 Å². The van der Waals surface area contributed by atoms with Crippen LogP contribution in [-0.2, 0) is 21.5 Å². The van der Waals surface area contributed by atoms with Crippen molar-refractivity contribution in [3.63, 3.8) is 0 Å². The summed E-state index contributed by atoms with van der Waals surface area (Å²) in [4.78, 5) is 4.66. The highest BCUT2D eigenvalue weighted by molar-refractivity contribution is 14.0. The number of methoxy groups -OCH3 is 1. The fourth-order valence-electron chi connectivity index (χ4n) is 3.50. The van der Waals surface area contributed by atoms with Crippen LogP contribution in [0.1, 0.15) is 24.0 Å². The Morgan fingerprint density at radius 3 is 2.57 bits per heavy atom. The Kier molecular flexibility index (Phi) is 9.01. The number of nitrogens with zero attached hydrogens (tertiary/aromatic N) is 1. The molecule has 1 aliphatic heterocycles. The molecular formula is C21H27ClIN3O2. The average Bonchev–Trinajstić information content (AvgIpc) is 2.69. The van der Waals surface area contributed by atoms with Crippen LogP contribution in [-0.4, -0.2) is 32.8 Å². The summed E-state index contributed by atoms with van der Waals surface area (Å²) in [6.45, 7) is 2.47. The third-order valence-corrected chi connectivity index (χ3v) is 5.36. The van der Waals surface area contributed by atoms with Crippen molar-refractivity contribution < 1.29 is 9.47 Å². The number of hydrogen-bond acceptors (Lipinski definition) is 3. The molecule has 1 aliphatic rings. The highest BCUT2D eigenvalue weighted by Gasteiger charge is 2.36. The summed E-state index contributed by atoms with van der Waals surface area (Å²) < 4.78 is 10.8. The van der Waals surface area contributed by atoms with Gasteiger partial charge in [0.25, 0.3) is 0 Å². The van der Waals surface area contributed by atoms with Gasteiger partial charge in [0.15, 0.2) is 5.96 Å². The molecule has 1 saturated heterocycles. The second-order valence-electron chi connectivity index (χ2n) is 6.79. The first-order valence-corrected chi connectivity index (χ1v) is 9.49. The lowest BCUT2D eigenvalue weighted by atomic mass is 9.74. The Morgan fingerprint density at radius 2 is 1.86 bits per heavy atom. The van der Waals surface area contributed by atoms with E-state index in [1.807, 2.05) is 42.5 Å². The van der Waals surface area contributed by atoms with E-state index in [2.05, 4.69) is 16.4 Å². The molecule has 0 amide bonds. The van der Waals surface area contributed by atoms with Crippen LogP contribution in [0.5, 0.6) is 0 Å². The Labute approximate surface area is 188 Å². The Bertz CT molecular complexity index is 795. The third kappa shape index (κ3) is 5.59. The molecule has 0 bridgehead atoms. The van der Waals surface area contributed by atoms with Crippen molar-refractivity contribution in [2.75, 3.05) is 32.2 Å². The van der Waals surface area contributed by atoms with Crippen molar-refractivity contribution in [1.82, 2.24) is 0 Å². The lowest BCUT2D eigenvalue weighted by molar-refractivity contribution is 0.0532. The minimum absolute atomic E-state index is 0. The number of nitrogens with one attached hydrogen (secondary N) is 1. The SMILES string of the molecule is COCc1ccccc1NC(N)=NCC1(c2ccccc2Cl)CCOCC1.I. The van der Waals surface area contributed by atoms with E-state index in [-0.39, 0.29) is 29.4 Å². The second-order valence-corrected chi connectivity index (χ2v) is 7.20. The summed E-state index contributed by atoms with van der Waals surface area (Å²) in [5.74, 6) is 0.386. The van der Waals surface area contributed by atoms with Crippen LogP contribution in [0.2, 0.25) is 5.02 Å². The summed E-state index contributed by atoms with van der Waals surface area (Å²) in [5.41, 5.74) is 9.09. The molecule has 7 heteroatoms. The lowest BCUT2D eigenvalue weighted by Crippen LogP contribution is -2.38. The molecule has 152 valence electrons. The number of para-hydroxylation sites is 1. The molecule has 3 rings (SSSR count). The van der Waals surface area contributed by atoms with Gasteiger partial charge in [-0.1, -0.05) is 48.0 Å². The Morgan fingerprint density at radius 1 is 1.18 bits per heavy atom. The normalized spacial score (nSPS) is 16.3. The van der Waals surface area contributed by atoms with Crippen LogP contribution in [0.15, 0.2) is 53.5 Å². The summed E-state index contributed by atoms with van der Waals surface area (Å²) in [6, 6.07) is 15.9. The zero-order chi connectivity index (χ0) is 19.1. The number of ether oxygens (including phenoxy) is 2. The van der Waals surface area contributed by atoms with Gasteiger partial charge in [-0.15, -0.1) is 24.0 Å². The summed E-state index contributed by atoms with van der Waals surface area (Å²) in [5, 5.41) is 3.97. The molecule has 0 aliphatic carbocycles. The minimum atomic E-state index is -0.158. The van der Waals surface area contributed by atoms with Gasteiger partial charge in [-0.2, -0.15) is 0 Å². The number of aliphatic imine (C=N–C) groups is 1. The molecule has 0 atom stereocenters. The van der Waals surface area contributed by atoms with Gasteiger partial charge in [0, 0.05) is 42.0 Å². The molecule has 28 heavy (non-hydrogen) atoms. The van der Waals surface area contributed by atoms with Crippen molar-refractivity contribution in [3.05, 3.63) is 64.7 Å². The molecular weight excluding hydrogens is 489 g/mol. The van der Waals surface area contributed by atoms with E-state index >= 15 is 0 Å². The molecule has 1 fully saturated rings. The number of rotatable bonds is 6. The molecule has 0 radical (unpaired) electrons. The van der Waals surface area contributed by atoms with E-state index in [9.17, 15) is 0 Å². The van der Waals surface area contributed by atoms with Crippen molar-refractivity contribution in [2.24, 2.45) is 10.7 Å². The number of benzene rings is 2. The predicted octanol–water partition coefficient (Wildman–Crippen LogP) is 4.58. The molecule has 0 spiro atoms. The maximum Gasteiger partial charge on any atom is 0.193 e. The zero-order valence-electron chi connectivity index (χ0n) is 16.0. The van der Waals surface area contributed by atoms with Crippen molar-refractivity contribution in [3.8, 4) is 0 Å². The zero-order valence-corrected chi connectivity index (χ0v) is 19.1. The Hall–Kier alpha value is -1.35. The lowest BCUT2D eigenvalue weighted by Gasteiger charge is -2.37. The highest BCUT2D eigenvalue weighted by atomic mass is 127. The fourth-order valence-corrected chi connectivity index (χ4v) is 3.84. The van der Waals surface area contributed by atoms with Crippen LogP contribution in [0.4, 0.5) is 5.69 Å². The van der Waals surface area contributed by atoms with E-state index in [1.165, 1.54) is 0 Å². The molecule has 5 nitrogen and oxygen atoms in total. The van der Waals surface area contributed by atoms with Gasteiger partial charge in [0.2, 0.25) is 0 Å². The molecule has 2 aromatic rings. The van der Waals surface area contributed by atoms with Gasteiger partial charge < -0.3 is 20.5 Å². The van der Waals surface area contributed by atoms with Gasteiger partial charge in [-0.25, -0.2) is 0 Å². The van der Waals surface area contributed by atoms with Crippen LogP contribution < -0.4 is 11.1 Å². The maximum absolute atomic E-state index is 6.50. The van der Waals surface area contributed by atoms with Gasteiger partial charge in [0.05, 0.1) is 13.2 Å². The average molecular weight is 516 g/mol. The third-order valence-electron chi connectivity index (χ3n) is 5.03. The fraction of sp³-hybridized carbons (Fsp3) is 0.381. The number of anilines is 1. The van der Waals surface area contributed by atoms with Crippen molar-refractivity contribution >= 4 is 47.2 Å². The van der Waals surface area contributed by atoms with Crippen LogP contribution in [0.25, 0.3) is 0 Å². The molecule has 2 aromatic carbocycles. The van der Waals surface area contributed by atoms with Gasteiger partial charge in [-0.05, 0) is 30.5 Å². The molecule has 3 N–H and O–H groups in total. The molecule has 0 aromatic heterocycles. The van der Waals surface area contributed by atoms with E-state index in [1.54, 1.807) is 7.11 Å². The van der Waals surface area contributed by atoms with Crippen molar-refractivity contribution in [1.29, 1.82) is 0 Å². The monoisotopic (exact) mass is 515 g/mol. The van der Waals surface area contributed by atoms with Gasteiger partial charge in [-0.3, -0.25) is 4.99 Å². The van der Waals surface area contributed by atoms with Crippen molar-refractivity contribution in [2.45, 2.75) is 24.9 Å². The maximum atomic E-state index is 6.50. The van der Waals surface area contributed by atoms with E-state index in [4.69, 9.17) is 26.8 Å². The number of nitrogens with two attached hydrogens (primary N) is 1. The smallest absolute Gasteiger partial charge is 0.193 e. The van der Waals surface area contributed by atoms with Crippen LogP contribution in [0, 0.1) is 0 Å². The van der Waals surface area contributed by atoms with Gasteiger partial charge in [0.1, 0.15) is 0 Å². The van der Waals surface area contributed by atoms with Gasteiger partial charge >= 0.3 is 0 Å². The molecule has 0 saturated carbocycles. The van der Waals surface area contributed by atoms with E-state index < -0.39 is 0 Å². The number of halogens is 2. The quantitative estimate of drug-likeness (QED) is 0.336. The first kappa shape index (κ1) is 22.9. The predicted molar refractivity (Wildman–Crippen MR) is 126 cm³/mol. The standard InChI is InChI=1S/C21H26ClN3O2.HI/c1-26-14-16-6-2-5-9-19(16)25-20(23)24-15-21(10-12-27-13-11-21)17-7-3-4-8-18(17)22;/h2-9H,10-15H2,1H3,(H3,23,24,25);1H.